The van der Waals surface area contributed by atoms with E-state index >= 15 is 0 Å². The number of rotatable bonds is 11. The zero-order valence-electron chi connectivity index (χ0n) is 42.3. The van der Waals surface area contributed by atoms with Gasteiger partial charge in [-0.2, -0.15) is 0 Å². The lowest BCUT2D eigenvalue weighted by atomic mass is 9.62. The highest BCUT2D eigenvalue weighted by molar-refractivity contribution is 5.90. The molecule has 0 radical (unpaired) electrons. The number of benzene rings is 11. The van der Waals surface area contributed by atoms with E-state index < -0.39 is 5.41 Å². The first-order valence-corrected chi connectivity index (χ1v) is 25.6. The van der Waals surface area contributed by atoms with Gasteiger partial charge in [0, 0.05) is 39.8 Å². The molecule has 0 unspecified atom stereocenters. The van der Waals surface area contributed by atoms with Gasteiger partial charge in [-0.25, -0.2) is 0 Å². The fourth-order valence-electron chi connectivity index (χ4n) is 11.2. The quantitative estimate of drug-likeness (QED) is 0.128. The Kier molecular flexibility index (Phi) is 12.1. The van der Waals surface area contributed by atoms with Crippen molar-refractivity contribution in [1.82, 2.24) is 0 Å². The topological polar surface area (TPSA) is 9.72 Å². The molecule has 0 atom stereocenters. The Morgan fingerprint density at radius 1 is 0.270 bits per heavy atom. The van der Waals surface area contributed by atoms with Crippen molar-refractivity contribution in [2.24, 2.45) is 0 Å². The van der Waals surface area contributed by atoms with Gasteiger partial charge in [0.25, 0.3) is 0 Å². The van der Waals surface area contributed by atoms with Crippen LogP contribution in [0.1, 0.15) is 44.5 Å². The molecule has 11 aromatic carbocycles. The maximum Gasteiger partial charge on any atom is 0.0742 e. The molecule has 356 valence electrons. The number of fused-ring (bicyclic) bond motifs is 2. The number of hydrogen-bond donors (Lipinski definition) is 0. The van der Waals surface area contributed by atoms with E-state index in [4.69, 9.17) is 0 Å². The van der Waals surface area contributed by atoms with Gasteiger partial charge in [0.05, 0.1) is 16.8 Å². The van der Waals surface area contributed by atoms with Crippen molar-refractivity contribution in [2.45, 2.75) is 33.1 Å². The molecule has 0 saturated carbocycles. The molecule has 1 heterocycles. The third kappa shape index (κ3) is 8.42. The lowest BCUT2D eigenvalue weighted by Crippen LogP contribution is -2.38. The van der Waals surface area contributed by atoms with Gasteiger partial charge in [0.2, 0.25) is 0 Å². The van der Waals surface area contributed by atoms with E-state index in [0.717, 1.165) is 51.2 Å². The van der Waals surface area contributed by atoms with Crippen LogP contribution < -0.4 is 14.7 Å². The summed E-state index contributed by atoms with van der Waals surface area (Å²) in [5, 5.41) is 0. The third-order valence-corrected chi connectivity index (χ3v) is 14.7. The normalized spacial score (nSPS) is 12.4. The van der Waals surface area contributed by atoms with Crippen LogP contribution in [0, 0.1) is 27.7 Å². The first-order chi connectivity index (χ1) is 36.3. The van der Waals surface area contributed by atoms with Gasteiger partial charge in [-0.15, -0.1) is 0 Å². The van der Waals surface area contributed by atoms with Crippen molar-refractivity contribution in [3.63, 3.8) is 0 Å². The summed E-state index contributed by atoms with van der Waals surface area (Å²) in [6, 6.07) is 101. The van der Waals surface area contributed by atoms with Crippen LogP contribution in [0.5, 0.6) is 0 Å². The van der Waals surface area contributed by atoms with Crippen LogP contribution in [0.25, 0.3) is 22.3 Å². The molecule has 3 nitrogen and oxygen atoms in total. The highest BCUT2D eigenvalue weighted by Crippen LogP contribution is 2.58. The first-order valence-electron chi connectivity index (χ1n) is 25.6. The van der Waals surface area contributed by atoms with E-state index in [-0.39, 0.29) is 0 Å². The summed E-state index contributed by atoms with van der Waals surface area (Å²) in [6.45, 7) is 8.71. The molecule has 0 amide bonds. The number of hydrogen-bond acceptors (Lipinski definition) is 3. The SMILES string of the molecule is Cc1ccc(N2c3ccccc3C(c3ccc(N(c4ccc(-c5ccccc5)cc4)c4cccc(C)c4)cc3)(c3ccc(N(c4ccc(-c5ccccc5)cc4)c4cccc(C)c4)cc3)c3cc(C)ccc32)cc1. The minimum Gasteiger partial charge on any atom is -0.310 e. The highest BCUT2D eigenvalue weighted by Gasteiger charge is 2.46. The van der Waals surface area contributed by atoms with Crippen LogP contribution in [0.4, 0.5) is 51.2 Å². The van der Waals surface area contributed by atoms with Crippen molar-refractivity contribution < 1.29 is 0 Å². The predicted molar refractivity (Wildman–Crippen MR) is 312 cm³/mol. The van der Waals surface area contributed by atoms with E-state index in [0.29, 0.717) is 0 Å². The summed E-state index contributed by atoms with van der Waals surface area (Å²) in [5.74, 6) is 0. The lowest BCUT2D eigenvalue weighted by molar-refractivity contribution is 0.730. The summed E-state index contributed by atoms with van der Waals surface area (Å²) < 4.78 is 0. The maximum atomic E-state index is 2.46. The van der Waals surface area contributed by atoms with Crippen LogP contribution in [0.3, 0.4) is 0 Å². The predicted octanol–water partition coefficient (Wildman–Crippen LogP) is 19.4. The minimum absolute atomic E-state index is 0.715. The molecule has 1 aliphatic heterocycles. The third-order valence-electron chi connectivity index (χ3n) is 14.7. The summed E-state index contributed by atoms with van der Waals surface area (Å²) in [6.07, 6.45) is 0. The zero-order valence-corrected chi connectivity index (χ0v) is 42.3. The van der Waals surface area contributed by atoms with Gasteiger partial charge in [-0.1, -0.05) is 187 Å². The second-order valence-electron chi connectivity index (χ2n) is 19.7. The maximum absolute atomic E-state index is 2.46. The highest BCUT2D eigenvalue weighted by atomic mass is 15.2. The van der Waals surface area contributed by atoms with Gasteiger partial charge in [0.15, 0.2) is 0 Å². The minimum atomic E-state index is -0.715. The lowest BCUT2D eigenvalue weighted by Gasteiger charge is -2.47. The number of para-hydroxylation sites is 1. The largest absolute Gasteiger partial charge is 0.310 e. The Balaban J connectivity index is 1.04. The number of anilines is 9. The average Bonchev–Trinajstić information content (AvgIpc) is 3.47. The van der Waals surface area contributed by atoms with Crippen LogP contribution in [0.2, 0.25) is 0 Å². The molecule has 0 spiro atoms. The molecule has 3 heteroatoms. The fraction of sp³-hybridized carbons (Fsp3) is 0.0704. The van der Waals surface area contributed by atoms with Crippen LogP contribution in [-0.4, -0.2) is 0 Å². The van der Waals surface area contributed by atoms with Crippen molar-refractivity contribution in [3.8, 4) is 22.3 Å². The molecule has 0 aliphatic carbocycles. The Morgan fingerprint density at radius 3 is 1.14 bits per heavy atom. The molecule has 0 aromatic heterocycles. The molecule has 12 rings (SSSR count). The summed E-state index contributed by atoms with van der Waals surface area (Å²) >= 11 is 0. The van der Waals surface area contributed by atoms with E-state index in [1.54, 1.807) is 0 Å². The van der Waals surface area contributed by atoms with Gasteiger partial charge >= 0.3 is 0 Å². The Bertz CT molecular complexity index is 3560. The van der Waals surface area contributed by atoms with Gasteiger partial charge in [-0.3, -0.25) is 0 Å². The second-order valence-corrected chi connectivity index (χ2v) is 19.7. The standard InChI is InChI=1S/C71H57N3/c1-50-25-36-64(37-26-50)74-69-24-12-11-23-67(69)71(68-49-53(4)27-46-70(68)74,58-32-42-62(43-33-58)72(65-21-13-15-51(2)47-65)60-38-28-56(29-39-60)54-17-7-5-8-18-54)59-34-44-63(45-35-59)73(66-22-14-16-52(3)48-66)61-40-30-57(31-41-61)55-19-9-6-10-20-55/h5-49H,1-4H3. The van der Waals surface area contributed by atoms with Crippen LogP contribution >= 0.6 is 0 Å². The molecule has 0 fully saturated rings. The van der Waals surface area contributed by atoms with Crippen LogP contribution in [-0.2, 0) is 5.41 Å². The Morgan fingerprint density at radius 2 is 0.662 bits per heavy atom. The summed E-state index contributed by atoms with van der Waals surface area (Å²) in [7, 11) is 0. The average molecular weight is 952 g/mol. The first kappa shape index (κ1) is 45.9. The van der Waals surface area contributed by atoms with Crippen molar-refractivity contribution >= 4 is 51.2 Å². The smallest absolute Gasteiger partial charge is 0.0742 e. The molecule has 1 aliphatic rings. The number of nitrogens with zero attached hydrogens (tertiary/aromatic N) is 3. The Labute approximate surface area is 436 Å². The molecule has 0 saturated heterocycles. The monoisotopic (exact) mass is 951 g/mol. The van der Waals surface area contributed by atoms with Crippen LogP contribution in [0.15, 0.2) is 273 Å². The van der Waals surface area contributed by atoms with E-state index in [2.05, 4.69) is 315 Å². The molecular weight excluding hydrogens is 895 g/mol. The van der Waals surface area contributed by atoms with Gasteiger partial charge < -0.3 is 14.7 Å². The molecule has 0 N–H and O–H groups in total. The van der Waals surface area contributed by atoms with Crippen molar-refractivity contribution in [3.05, 3.63) is 317 Å². The zero-order chi connectivity index (χ0) is 50.2. The fourth-order valence-corrected chi connectivity index (χ4v) is 11.2. The van der Waals surface area contributed by atoms with Crippen molar-refractivity contribution in [2.75, 3.05) is 14.7 Å². The van der Waals surface area contributed by atoms with E-state index in [1.165, 1.54) is 66.8 Å². The summed E-state index contributed by atoms with van der Waals surface area (Å²) in [5.41, 5.74) is 23.8. The molecular formula is C71H57N3. The molecule has 0 bridgehead atoms. The number of aryl methyl sites for hydroxylation is 4. The summed E-state index contributed by atoms with van der Waals surface area (Å²) in [4.78, 5) is 7.22. The second kappa shape index (κ2) is 19.4. The Hall–Kier alpha value is -9.18. The van der Waals surface area contributed by atoms with Gasteiger partial charge in [0.1, 0.15) is 0 Å². The van der Waals surface area contributed by atoms with Gasteiger partial charge in [-0.05, 0) is 180 Å². The van der Waals surface area contributed by atoms with E-state index in [1.807, 2.05) is 0 Å². The van der Waals surface area contributed by atoms with E-state index in [9.17, 15) is 0 Å². The molecule has 74 heavy (non-hydrogen) atoms. The van der Waals surface area contributed by atoms with Crippen molar-refractivity contribution in [1.29, 1.82) is 0 Å². The molecule has 11 aromatic rings.